The monoisotopic (exact) mass is 721 g/mol. The summed E-state index contributed by atoms with van der Waals surface area (Å²) in [5.41, 5.74) is 8.19. The van der Waals surface area contributed by atoms with E-state index in [2.05, 4.69) is 168 Å². The van der Waals surface area contributed by atoms with Crippen molar-refractivity contribution in [3.63, 3.8) is 0 Å². The molecule has 0 aliphatic heterocycles. The van der Waals surface area contributed by atoms with Gasteiger partial charge in [-0.15, -0.1) is 0 Å². The van der Waals surface area contributed by atoms with E-state index in [1.165, 1.54) is 27.8 Å². The summed E-state index contributed by atoms with van der Waals surface area (Å²) in [6, 6.07) is 57.5. The van der Waals surface area contributed by atoms with Crippen LogP contribution in [0.3, 0.4) is 0 Å². The standard InChI is InChI=1S/C48H47N7/c1-2-18-41-52-39(29-42(54-41)49-31-34-19-8-3-9-20-34)46-44(37-25-14-6-15-26-37)47(45(46)38-27-16-7-17-28-38)40-30-43(50-32-35-21-10-4-11-22-35)55-48(53-40)51-33-36-23-12-5-13-24-36/h3-17,19-30,44-47H,2,18,31-33H2,1H3,(H,49,52,54)(H2,50,51,53,55)/t44-,45-,46?,47?/m1/s1. The number of anilines is 3. The zero-order valence-electron chi connectivity index (χ0n) is 31.2. The van der Waals surface area contributed by atoms with Crippen LogP contribution in [0.4, 0.5) is 17.6 Å². The molecule has 274 valence electrons. The molecule has 7 heteroatoms. The third kappa shape index (κ3) is 8.57. The minimum atomic E-state index is 0.0534. The summed E-state index contributed by atoms with van der Waals surface area (Å²) in [4.78, 5) is 20.7. The van der Waals surface area contributed by atoms with Gasteiger partial charge in [-0.25, -0.2) is 15.0 Å². The topological polar surface area (TPSA) is 87.7 Å². The largest absolute Gasteiger partial charge is 0.366 e. The van der Waals surface area contributed by atoms with Gasteiger partial charge in [0.05, 0.1) is 11.4 Å². The number of benzene rings is 5. The van der Waals surface area contributed by atoms with Gasteiger partial charge in [-0.2, -0.15) is 4.98 Å². The van der Waals surface area contributed by atoms with Crippen molar-refractivity contribution in [1.29, 1.82) is 0 Å². The Labute approximate surface area is 324 Å². The molecule has 7 aromatic rings. The molecule has 1 saturated carbocycles. The smallest absolute Gasteiger partial charge is 0.225 e. The molecule has 0 saturated heterocycles. The molecule has 8 rings (SSSR count). The number of nitrogens with one attached hydrogen (secondary N) is 3. The van der Waals surface area contributed by atoms with Gasteiger partial charge in [0.25, 0.3) is 0 Å². The summed E-state index contributed by atoms with van der Waals surface area (Å²) in [6.07, 6.45) is 1.78. The second-order valence-corrected chi connectivity index (χ2v) is 14.3. The summed E-state index contributed by atoms with van der Waals surface area (Å²) in [5.74, 6) is 3.50. The summed E-state index contributed by atoms with van der Waals surface area (Å²) in [7, 11) is 0. The minimum absolute atomic E-state index is 0.0534. The number of aromatic nitrogens is 4. The maximum atomic E-state index is 5.33. The Morgan fingerprint density at radius 2 is 0.818 bits per heavy atom. The zero-order valence-corrected chi connectivity index (χ0v) is 31.2. The van der Waals surface area contributed by atoms with Crippen molar-refractivity contribution in [3.05, 3.63) is 209 Å². The van der Waals surface area contributed by atoms with Crippen molar-refractivity contribution in [1.82, 2.24) is 19.9 Å². The van der Waals surface area contributed by atoms with Gasteiger partial charge in [0.15, 0.2) is 0 Å². The molecule has 0 bridgehead atoms. The summed E-state index contributed by atoms with van der Waals surface area (Å²) >= 11 is 0. The highest BCUT2D eigenvalue weighted by Crippen LogP contribution is 2.66. The molecule has 0 spiro atoms. The predicted octanol–water partition coefficient (Wildman–Crippen LogP) is 10.5. The van der Waals surface area contributed by atoms with Crippen molar-refractivity contribution in [3.8, 4) is 0 Å². The van der Waals surface area contributed by atoms with E-state index in [4.69, 9.17) is 19.9 Å². The SMILES string of the molecule is CCCc1nc(NCc2ccccc2)cc(C2[C@@H](c3ccccc3)C(c3cc(NCc4ccccc4)nc(NCc4ccccc4)n3)[C@@H]2c2ccccc2)n1. The van der Waals surface area contributed by atoms with E-state index in [1.54, 1.807) is 0 Å². The van der Waals surface area contributed by atoms with E-state index in [0.29, 0.717) is 25.6 Å². The lowest BCUT2D eigenvalue weighted by Gasteiger charge is -2.52. The predicted molar refractivity (Wildman–Crippen MR) is 223 cm³/mol. The van der Waals surface area contributed by atoms with Gasteiger partial charge in [-0.1, -0.05) is 159 Å². The Hall–Kier alpha value is -6.34. The fraction of sp³-hybridized carbons (Fsp3) is 0.208. The van der Waals surface area contributed by atoms with Crippen LogP contribution in [-0.2, 0) is 26.1 Å². The highest BCUT2D eigenvalue weighted by Gasteiger charge is 2.54. The zero-order chi connectivity index (χ0) is 37.2. The van der Waals surface area contributed by atoms with Crippen LogP contribution in [0, 0.1) is 0 Å². The fourth-order valence-electron chi connectivity index (χ4n) is 7.94. The highest BCUT2D eigenvalue weighted by molar-refractivity contribution is 5.52. The van der Waals surface area contributed by atoms with Gasteiger partial charge in [-0.3, -0.25) is 0 Å². The van der Waals surface area contributed by atoms with Crippen molar-refractivity contribution in [2.24, 2.45) is 0 Å². The van der Waals surface area contributed by atoms with Gasteiger partial charge in [0.1, 0.15) is 17.5 Å². The summed E-state index contributed by atoms with van der Waals surface area (Å²) < 4.78 is 0. The molecular formula is C48H47N7. The second-order valence-electron chi connectivity index (χ2n) is 14.3. The second kappa shape index (κ2) is 17.2. The van der Waals surface area contributed by atoms with E-state index in [-0.39, 0.29) is 23.7 Å². The molecule has 55 heavy (non-hydrogen) atoms. The summed E-state index contributed by atoms with van der Waals surface area (Å²) in [5, 5.41) is 10.8. The molecule has 1 aliphatic carbocycles. The van der Waals surface area contributed by atoms with Crippen LogP contribution in [0.1, 0.15) is 82.0 Å². The molecule has 2 heterocycles. The molecule has 2 atom stereocenters. The van der Waals surface area contributed by atoms with E-state index >= 15 is 0 Å². The molecule has 2 aromatic heterocycles. The Bertz CT molecular complexity index is 2140. The quantitative estimate of drug-likeness (QED) is 0.0971. The number of nitrogens with zero attached hydrogens (tertiary/aromatic N) is 4. The van der Waals surface area contributed by atoms with Crippen LogP contribution < -0.4 is 16.0 Å². The van der Waals surface area contributed by atoms with Crippen molar-refractivity contribution < 1.29 is 0 Å². The molecule has 7 nitrogen and oxygen atoms in total. The van der Waals surface area contributed by atoms with Gasteiger partial charge in [0.2, 0.25) is 5.95 Å². The molecule has 3 N–H and O–H groups in total. The van der Waals surface area contributed by atoms with Gasteiger partial charge < -0.3 is 16.0 Å². The molecule has 0 radical (unpaired) electrons. The average Bonchev–Trinajstić information content (AvgIpc) is 3.23. The number of aryl methyl sites for hydroxylation is 1. The van der Waals surface area contributed by atoms with Crippen LogP contribution in [0.2, 0.25) is 0 Å². The first-order valence-electron chi connectivity index (χ1n) is 19.4. The summed E-state index contributed by atoms with van der Waals surface area (Å²) in [6.45, 7) is 4.17. The normalized spacial score (nSPS) is 17.5. The molecule has 0 unspecified atom stereocenters. The Morgan fingerprint density at radius 3 is 1.27 bits per heavy atom. The maximum Gasteiger partial charge on any atom is 0.225 e. The van der Waals surface area contributed by atoms with Crippen molar-refractivity contribution in [2.45, 2.75) is 63.1 Å². The third-order valence-electron chi connectivity index (χ3n) is 10.5. The van der Waals surface area contributed by atoms with Crippen LogP contribution in [0.5, 0.6) is 0 Å². The Morgan fingerprint density at radius 1 is 0.418 bits per heavy atom. The lowest BCUT2D eigenvalue weighted by atomic mass is 9.50. The first kappa shape index (κ1) is 35.7. The molecule has 1 aliphatic rings. The molecule has 1 fully saturated rings. The Balaban J connectivity index is 1.22. The number of rotatable bonds is 15. The number of hydrogen-bond donors (Lipinski definition) is 3. The van der Waals surface area contributed by atoms with Crippen LogP contribution in [0.15, 0.2) is 164 Å². The first-order chi connectivity index (χ1) is 27.2. The molecular weight excluding hydrogens is 675 g/mol. The lowest BCUT2D eigenvalue weighted by molar-refractivity contribution is 0.219. The van der Waals surface area contributed by atoms with Gasteiger partial charge in [0, 0.05) is 61.9 Å². The average molecular weight is 722 g/mol. The first-order valence-corrected chi connectivity index (χ1v) is 19.4. The molecule has 5 aromatic carbocycles. The van der Waals surface area contributed by atoms with E-state index in [1.807, 2.05) is 18.2 Å². The van der Waals surface area contributed by atoms with E-state index in [9.17, 15) is 0 Å². The van der Waals surface area contributed by atoms with Crippen molar-refractivity contribution >= 4 is 17.6 Å². The fourth-order valence-corrected chi connectivity index (χ4v) is 7.94. The van der Waals surface area contributed by atoms with E-state index in [0.717, 1.165) is 41.7 Å². The highest BCUT2D eigenvalue weighted by atomic mass is 15.1. The number of hydrogen-bond acceptors (Lipinski definition) is 7. The lowest BCUT2D eigenvalue weighted by Crippen LogP contribution is -2.41. The third-order valence-corrected chi connectivity index (χ3v) is 10.5. The minimum Gasteiger partial charge on any atom is -0.366 e. The Kier molecular flexibility index (Phi) is 11.2. The van der Waals surface area contributed by atoms with Crippen molar-refractivity contribution in [2.75, 3.05) is 16.0 Å². The van der Waals surface area contributed by atoms with Gasteiger partial charge >= 0.3 is 0 Å². The maximum absolute atomic E-state index is 5.33. The van der Waals surface area contributed by atoms with Crippen LogP contribution in [-0.4, -0.2) is 19.9 Å². The van der Waals surface area contributed by atoms with Crippen LogP contribution in [0.25, 0.3) is 0 Å². The van der Waals surface area contributed by atoms with Crippen LogP contribution >= 0.6 is 0 Å². The van der Waals surface area contributed by atoms with E-state index < -0.39 is 0 Å². The molecule has 0 amide bonds. The van der Waals surface area contributed by atoms with Gasteiger partial charge in [-0.05, 0) is 34.2 Å².